The van der Waals surface area contributed by atoms with E-state index in [1.807, 2.05) is 0 Å². The van der Waals surface area contributed by atoms with Gasteiger partial charge >= 0.3 is 5.97 Å². The molecule has 0 radical (unpaired) electrons. The van der Waals surface area contributed by atoms with Crippen LogP contribution in [0.4, 0.5) is 0 Å². The van der Waals surface area contributed by atoms with Gasteiger partial charge in [-0.25, -0.2) is 19.7 Å². The molecule has 2 aromatic rings. The average molecular weight is 233 g/mol. The Balaban J connectivity index is 2.14. The quantitative estimate of drug-likeness (QED) is 0.813. The Bertz CT molecular complexity index is 487. The SMILES string of the molecule is O=C(O)c1ccc(Sc2ccncn2)nc1. The summed E-state index contributed by atoms with van der Waals surface area (Å²) in [7, 11) is 0. The number of pyridine rings is 1. The molecule has 5 nitrogen and oxygen atoms in total. The summed E-state index contributed by atoms with van der Waals surface area (Å²) in [6, 6.07) is 4.92. The summed E-state index contributed by atoms with van der Waals surface area (Å²) in [5.41, 5.74) is 0.173. The van der Waals surface area contributed by atoms with Crippen LogP contribution in [0.3, 0.4) is 0 Å². The standard InChI is InChI=1S/C10H7N3O2S/c14-10(15)7-1-2-8(12-5-7)16-9-3-4-11-6-13-9/h1-6H,(H,14,15). The summed E-state index contributed by atoms with van der Waals surface area (Å²) in [6.07, 6.45) is 4.42. The molecular weight excluding hydrogens is 226 g/mol. The first kappa shape index (κ1) is 10.6. The van der Waals surface area contributed by atoms with Gasteiger partial charge in [0.25, 0.3) is 0 Å². The predicted octanol–water partition coefficient (Wildman–Crippen LogP) is 1.72. The van der Waals surface area contributed by atoms with Crippen LogP contribution in [0, 0.1) is 0 Å². The van der Waals surface area contributed by atoms with Crippen LogP contribution in [0.1, 0.15) is 10.4 Å². The van der Waals surface area contributed by atoms with Crippen LogP contribution < -0.4 is 0 Å². The van der Waals surface area contributed by atoms with Gasteiger partial charge in [0.05, 0.1) is 5.56 Å². The Kier molecular flexibility index (Phi) is 3.11. The van der Waals surface area contributed by atoms with Crippen molar-refractivity contribution in [2.24, 2.45) is 0 Å². The number of carbonyl (C=O) groups is 1. The Morgan fingerprint density at radius 2 is 2.00 bits per heavy atom. The Morgan fingerprint density at radius 1 is 1.19 bits per heavy atom. The third kappa shape index (κ3) is 2.54. The van der Waals surface area contributed by atoms with E-state index in [0.717, 1.165) is 5.03 Å². The number of carboxylic acids is 1. The lowest BCUT2D eigenvalue weighted by atomic mass is 10.3. The number of hydrogen-bond donors (Lipinski definition) is 1. The van der Waals surface area contributed by atoms with Crippen molar-refractivity contribution in [3.8, 4) is 0 Å². The second-order valence-electron chi connectivity index (χ2n) is 2.84. The van der Waals surface area contributed by atoms with Crippen LogP contribution in [0.25, 0.3) is 0 Å². The zero-order chi connectivity index (χ0) is 11.4. The highest BCUT2D eigenvalue weighted by molar-refractivity contribution is 7.99. The highest BCUT2D eigenvalue weighted by atomic mass is 32.2. The zero-order valence-corrected chi connectivity index (χ0v) is 8.89. The summed E-state index contributed by atoms with van der Waals surface area (Å²) in [4.78, 5) is 22.4. The number of rotatable bonds is 3. The number of aromatic carboxylic acids is 1. The maximum atomic E-state index is 10.6. The molecule has 0 saturated heterocycles. The van der Waals surface area contributed by atoms with Crippen molar-refractivity contribution in [1.82, 2.24) is 15.0 Å². The van der Waals surface area contributed by atoms with Crippen molar-refractivity contribution in [3.63, 3.8) is 0 Å². The van der Waals surface area contributed by atoms with Crippen molar-refractivity contribution in [2.75, 3.05) is 0 Å². The van der Waals surface area contributed by atoms with Crippen LogP contribution in [-0.4, -0.2) is 26.0 Å². The molecule has 0 unspecified atom stereocenters. The van der Waals surface area contributed by atoms with Gasteiger partial charge in [0.1, 0.15) is 16.4 Å². The van der Waals surface area contributed by atoms with Crippen molar-refractivity contribution in [2.45, 2.75) is 10.1 Å². The number of carboxylic acid groups (broad SMARTS) is 1. The third-order valence-corrected chi connectivity index (χ3v) is 2.65. The molecule has 0 spiro atoms. The maximum Gasteiger partial charge on any atom is 0.337 e. The molecule has 0 amide bonds. The highest BCUT2D eigenvalue weighted by Crippen LogP contribution is 2.22. The molecule has 0 fully saturated rings. The van der Waals surface area contributed by atoms with Crippen LogP contribution in [-0.2, 0) is 0 Å². The Hall–Kier alpha value is -1.95. The molecular formula is C10H7N3O2S. The summed E-state index contributed by atoms with van der Waals surface area (Å²) >= 11 is 1.35. The van der Waals surface area contributed by atoms with E-state index in [2.05, 4.69) is 15.0 Å². The van der Waals surface area contributed by atoms with E-state index in [1.54, 1.807) is 18.3 Å². The normalized spacial score (nSPS) is 10.0. The number of aromatic nitrogens is 3. The lowest BCUT2D eigenvalue weighted by Crippen LogP contribution is -1.96. The van der Waals surface area contributed by atoms with Gasteiger partial charge in [-0.2, -0.15) is 0 Å². The molecule has 0 aliphatic heterocycles. The number of hydrogen-bond acceptors (Lipinski definition) is 5. The van der Waals surface area contributed by atoms with Gasteiger partial charge in [0, 0.05) is 12.4 Å². The fourth-order valence-corrected chi connectivity index (χ4v) is 1.70. The summed E-state index contributed by atoms with van der Waals surface area (Å²) in [5, 5.41) is 10.2. The zero-order valence-electron chi connectivity index (χ0n) is 8.07. The number of nitrogens with zero attached hydrogens (tertiary/aromatic N) is 3. The minimum absolute atomic E-state index is 0.173. The molecule has 1 N–H and O–H groups in total. The van der Waals surface area contributed by atoms with Crippen molar-refractivity contribution < 1.29 is 9.90 Å². The summed E-state index contributed by atoms with van der Waals surface area (Å²) in [5.74, 6) is -0.980. The molecule has 16 heavy (non-hydrogen) atoms. The molecule has 2 aromatic heterocycles. The minimum Gasteiger partial charge on any atom is -0.478 e. The first-order valence-corrected chi connectivity index (χ1v) is 5.20. The van der Waals surface area contributed by atoms with Gasteiger partial charge in [-0.3, -0.25) is 0 Å². The molecule has 0 atom stereocenters. The Labute approximate surface area is 95.6 Å². The Morgan fingerprint density at radius 3 is 2.56 bits per heavy atom. The first-order valence-electron chi connectivity index (χ1n) is 4.39. The van der Waals surface area contributed by atoms with Gasteiger partial charge in [0.15, 0.2) is 0 Å². The molecule has 0 aliphatic rings. The predicted molar refractivity (Wildman–Crippen MR) is 57.4 cm³/mol. The largest absolute Gasteiger partial charge is 0.478 e. The monoisotopic (exact) mass is 233 g/mol. The molecule has 80 valence electrons. The molecule has 2 rings (SSSR count). The lowest BCUT2D eigenvalue weighted by Gasteiger charge is -1.99. The van der Waals surface area contributed by atoms with Crippen molar-refractivity contribution in [3.05, 3.63) is 42.5 Å². The van der Waals surface area contributed by atoms with Crippen molar-refractivity contribution >= 4 is 17.7 Å². The molecule has 2 heterocycles. The van der Waals surface area contributed by atoms with Crippen molar-refractivity contribution in [1.29, 1.82) is 0 Å². The van der Waals surface area contributed by atoms with Gasteiger partial charge in [-0.15, -0.1) is 0 Å². The van der Waals surface area contributed by atoms with Gasteiger partial charge < -0.3 is 5.11 Å². The second kappa shape index (κ2) is 4.71. The molecule has 0 aliphatic carbocycles. The summed E-state index contributed by atoms with van der Waals surface area (Å²) in [6.45, 7) is 0. The smallest absolute Gasteiger partial charge is 0.337 e. The second-order valence-corrected chi connectivity index (χ2v) is 3.88. The van der Waals surface area contributed by atoms with Crippen LogP contribution >= 0.6 is 11.8 Å². The maximum absolute atomic E-state index is 10.6. The average Bonchev–Trinajstić information content (AvgIpc) is 2.31. The summed E-state index contributed by atoms with van der Waals surface area (Å²) < 4.78 is 0. The first-order chi connectivity index (χ1) is 7.75. The third-order valence-electron chi connectivity index (χ3n) is 1.75. The van der Waals surface area contributed by atoms with E-state index in [4.69, 9.17) is 5.11 Å². The molecule has 0 bridgehead atoms. The van der Waals surface area contributed by atoms with E-state index in [-0.39, 0.29) is 5.56 Å². The lowest BCUT2D eigenvalue weighted by molar-refractivity contribution is 0.0696. The van der Waals surface area contributed by atoms with E-state index < -0.39 is 5.97 Å². The fourth-order valence-electron chi connectivity index (χ4n) is 1.01. The fraction of sp³-hybridized carbons (Fsp3) is 0. The van der Waals surface area contributed by atoms with Crippen LogP contribution in [0.5, 0.6) is 0 Å². The molecule has 6 heteroatoms. The van der Waals surface area contributed by atoms with E-state index in [1.165, 1.54) is 30.4 Å². The minimum atomic E-state index is -0.980. The van der Waals surface area contributed by atoms with Gasteiger partial charge in [-0.05, 0) is 30.0 Å². The topological polar surface area (TPSA) is 76.0 Å². The highest BCUT2D eigenvalue weighted by Gasteiger charge is 2.04. The van der Waals surface area contributed by atoms with Crippen LogP contribution in [0.2, 0.25) is 0 Å². The van der Waals surface area contributed by atoms with E-state index >= 15 is 0 Å². The molecule has 0 aromatic carbocycles. The van der Waals surface area contributed by atoms with Gasteiger partial charge in [0.2, 0.25) is 0 Å². The van der Waals surface area contributed by atoms with E-state index in [9.17, 15) is 4.79 Å². The van der Waals surface area contributed by atoms with Gasteiger partial charge in [-0.1, -0.05) is 0 Å². The van der Waals surface area contributed by atoms with E-state index in [0.29, 0.717) is 5.03 Å². The molecule has 0 saturated carbocycles. The van der Waals surface area contributed by atoms with Crippen LogP contribution in [0.15, 0.2) is 47.0 Å².